The van der Waals surface area contributed by atoms with Crippen molar-refractivity contribution in [2.75, 3.05) is 29.1 Å². The maximum Gasteiger partial charge on any atom is 0.266 e. The lowest BCUT2D eigenvalue weighted by Gasteiger charge is -2.28. The highest BCUT2D eigenvalue weighted by Crippen LogP contribution is 2.38. The van der Waals surface area contributed by atoms with Crippen LogP contribution < -0.4 is 15.8 Å². The van der Waals surface area contributed by atoms with Crippen molar-refractivity contribution in [1.29, 1.82) is 0 Å². The molecule has 6 rings (SSSR count). The Morgan fingerprint density at radius 3 is 3.03 bits per heavy atom. The molecule has 0 saturated carbocycles. The van der Waals surface area contributed by atoms with Crippen LogP contribution in [0.15, 0.2) is 57.3 Å². The number of aryl methyl sites for hydroxylation is 1. The molecule has 154 valence electrons. The van der Waals surface area contributed by atoms with E-state index in [1.54, 1.807) is 24.0 Å². The third kappa shape index (κ3) is 2.95. The summed E-state index contributed by atoms with van der Waals surface area (Å²) in [7, 11) is 0. The van der Waals surface area contributed by atoms with Crippen molar-refractivity contribution in [2.45, 2.75) is 11.8 Å². The number of fused-ring (bicyclic) bond motifs is 5. The summed E-state index contributed by atoms with van der Waals surface area (Å²) in [6.45, 7) is 3.60. The molecule has 4 aromatic rings. The van der Waals surface area contributed by atoms with Crippen LogP contribution >= 0.6 is 23.1 Å². The van der Waals surface area contributed by atoms with Crippen molar-refractivity contribution in [3.8, 4) is 0 Å². The summed E-state index contributed by atoms with van der Waals surface area (Å²) in [5, 5.41) is 3.44. The highest BCUT2D eigenvalue weighted by molar-refractivity contribution is 8.00. The number of rotatable bonds is 2. The number of anilines is 2. The van der Waals surface area contributed by atoms with Crippen molar-refractivity contribution in [1.82, 2.24) is 9.38 Å². The van der Waals surface area contributed by atoms with Crippen LogP contribution in [0.25, 0.3) is 15.9 Å². The van der Waals surface area contributed by atoms with Gasteiger partial charge in [-0.15, -0.1) is 23.1 Å². The molecule has 0 atom stereocenters. The average molecular weight is 448 g/mol. The lowest BCUT2D eigenvalue weighted by atomic mass is 10.2. The van der Waals surface area contributed by atoms with Crippen LogP contribution in [0.3, 0.4) is 0 Å². The highest BCUT2D eigenvalue weighted by Gasteiger charge is 2.26. The van der Waals surface area contributed by atoms with Crippen LogP contribution in [-0.2, 0) is 0 Å². The molecule has 0 spiro atoms. The summed E-state index contributed by atoms with van der Waals surface area (Å²) in [6, 6.07) is 11.3. The van der Waals surface area contributed by atoms with Crippen molar-refractivity contribution >= 4 is 62.1 Å². The number of nitrogens with one attached hydrogen (secondary N) is 1. The van der Waals surface area contributed by atoms with E-state index in [1.165, 1.54) is 20.6 Å². The van der Waals surface area contributed by atoms with E-state index < -0.39 is 0 Å². The topological polar surface area (TPSA) is 79.1 Å². The third-order valence-corrected chi connectivity index (χ3v) is 7.64. The molecule has 7 nitrogen and oxygen atoms in total. The van der Waals surface area contributed by atoms with Gasteiger partial charge in [0, 0.05) is 23.3 Å². The largest absolute Gasteiger partial charge is 0.327 e. The second kappa shape index (κ2) is 6.93. The first kappa shape index (κ1) is 18.6. The number of carbonyl (C=O) groups excluding carboxylic acids is 1. The fourth-order valence-corrected chi connectivity index (χ4v) is 5.94. The van der Waals surface area contributed by atoms with Crippen molar-refractivity contribution < 1.29 is 4.79 Å². The van der Waals surface area contributed by atoms with Gasteiger partial charge in [-0.05, 0) is 42.8 Å². The molecule has 0 saturated heterocycles. The number of carbonyl (C=O) groups is 1. The molecule has 2 aliphatic rings. The van der Waals surface area contributed by atoms with E-state index in [1.807, 2.05) is 37.3 Å². The van der Waals surface area contributed by atoms with Crippen LogP contribution in [-0.4, -0.2) is 40.0 Å². The fraction of sp³-hybridized carbons (Fsp3) is 0.182. The summed E-state index contributed by atoms with van der Waals surface area (Å²) in [5.41, 5.74) is 3.18. The number of aliphatic imine (C=N–C) groups is 1. The van der Waals surface area contributed by atoms with Gasteiger partial charge < -0.3 is 10.2 Å². The minimum Gasteiger partial charge on any atom is -0.327 e. The summed E-state index contributed by atoms with van der Waals surface area (Å²) < 4.78 is 1.53. The van der Waals surface area contributed by atoms with Gasteiger partial charge in [-0.25, -0.2) is 4.98 Å². The van der Waals surface area contributed by atoms with Crippen LogP contribution in [0.5, 0.6) is 0 Å². The molecular weight excluding hydrogens is 430 g/mol. The average Bonchev–Trinajstić information content (AvgIpc) is 3.42. The predicted molar refractivity (Wildman–Crippen MR) is 126 cm³/mol. The van der Waals surface area contributed by atoms with Crippen molar-refractivity contribution in [2.24, 2.45) is 4.99 Å². The molecule has 1 N–H and O–H groups in total. The third-order valence-electron chi connectivity index (χ3n) is 5.55. The second-order valence-corrected chi connectivity index (χ2v) is 9.55. The van der Waals surface area contributed by atoms with Gasteiger partial charge in [-0.1, -0.05) is 6.07 Å². The van der Waals surface area contributed by atoms with Gasteiger partial charge in [0.25, 0.3) is 11.5 Å². The van der Waals surface area contributed by atoms with Crippen molar-refractivity contribution in [3.63, 3.8) is 0 Å². The molecule has 5 heterocycles. The molecule has 0 bridgehead atoms. The Morgan fingerprint density at radius 2 is 2.13 bits per heavy atom. The predicted octanol–water partition coefficient (Wildman–Crippen LogP) is 3.79. The molecule has 1 amide bonds. The molecule has 0 aliphatic carbocycles. The Hall–Kier alpha value is -3.17. The molecule has 0 unspecified atom stereocenters. The Kier molecular flexibility index (Phi) is 4.15. The minimum absolute atomic E-state index is 0.161. The zero-order valence-electron chi connectivity index (χ0n) is 16.6. The quantitative estimate of drug-likeness (QED) is 0.506. The number of nitrogens with zero attached hydrogens (tertiary/aromatic N) is 4. The second-order valence-electron chi connectivity index (χ2n) is 7.51. The molecule has 3 aromatic heterocycles. The van der Waals surface area contributed by atoms with Gasteiger partial charge in [-0.2, -0.15) is 0 Å². The summed E-state index contributed by atoms with van der Waals surface area (Å²) >= 11 is 3.00. The molecular formula is C22H17N5O2S2. The van der Waals surface area contributed by atoms with E-state index >= 15 is 0 Å². The van der Waals surface area contributed by atoms with Crippen LogP contribution in [0, 0.1) is 6.92 Å². The van der Waals surface area contributed by atoms with E-state index in [9.17, 15) is 9.59 Å². The number of hydrogen-bond donors (Lipinski definition) is 1. The van der Waals surface area contributed by atoms with Gasteiger partial charge in [0.05, 0.1) is 28.2 Å². The minimum atomic E-state index is -0.244. The molecule has 9 heteroatoms. The van der Waals surface area contributed by atoms with Gasteiger partial charge in [0.15, 0.2) is 0 Å². The molecule has 0 radical (unpaired) electrons. The van der Waals surface area contributed by atoms with E-state index in [0.717, 1.165) is 41.6 Å². The van der Waals surface area contributed by atoms with Crippen LogP contribution in [0.1, 0.15) is 15.2 Å². The van der Waals surface area contributed by atoms with Gasteiger partial charge >= 0.3 is 0 Å². The summed E-state index contributed by atoms with van der Waals surface area (Å²) in [4.78, 5) is 39.5. The lowest BCUT2D eigenvalue weighted by Crippen LogP contribution is -2.32. The maximum absolute atomic E-state index is 13.0. The zero-order valence-corrected chi connectivity index (χ0v) is 18.2. The lowest BCUT2D eigenvalue weighted by molar-refractivity contribution is 0.103. The number of hydrogen-bond acceptors (Lipinski definition) is 7. The zero-order chi connectivity index (χ0) is 21.1. The number of aromatic nitrogens is 2. The smallest absolute Gasteiger partial charge is 0.266 e. The molecule has 31 heavy (non-hydrogen) atoms. The Bertz CT molecular complexity index is 1490. The summed E-state index contributed by atoms with van der Waals surface area (Å²) in [6.07, 6.45) is 1.70. The number of thioether (sulfide) groups is 1. The van der Waals surface area contributed by atoms with E-state index in [2.05, 4.69) is 20.2 Å². The molecule has 2 aliphatic heterocycles. The maximum atomic E-state index is 13.0. The van der Waals surface area contributed by atoms with E-state index in [0.29, 0.717) is 20.7 Å². The monoisotopic (exact) mass is 447 g/mol. The molecule has 0 fully saturated rings. The Morgan fingerprint density at radius 1 is 1.23 bits per heavy atom. The van der Waals surface area contributed by atoms with Crippen molar-refractivity contribution in [3.05, 3.63) is 63.4 Å². The Labute approximate surface area is 185 Å². The normalized spacial score (nSPS) is 15.1. The van der Waals surface area contributed by atoms with Gasteiger partial charge in [-0.3, -0.25) is 19.0 Å². The highest BCUT2D eigenvalue weighted by atomic mass is 32.2. The van der Waals surface area contributed by atoms with E-state index in [-0.39, 0.29) is 11.5 Å². The first-order valence-corrected chi connectivity index (χ1v) is 11.7. The Balaban J connectivity index is 1.35. The standard InChI is InChI=1S/C22H17N5O2S2/c1-12-3-2-7-27-19(12)25-21-14(22(27)29)10-17(31-21)20(28)24-13-4-5-16-15(9-13)26-8-6-23-18(26)11-30-16/h2-5,7,9-10H,6,8,11H2,1H3,(H,24,28). The van der Waals surface area contributed by atoms with E-state index in [4.69, 9.17) is 0 Å². The summed E-state index contributed by atoms with van der Waals surface area (Å²) in [5.74, 6) is 1.74. The fourth-order valence-electron chi connectivity index (χ4n) is 4.01. The number of amidine groups is 1. The van der Waals surface area contributed by atoms with Crippen LogP contribution in [0.4, 0.5) is 11.4 Å². The number of pyridine rings is 1. The SMILES string of the molecule is Cc1cccn2c(=O)c3cc(C(=O)Nc4ccc5c(c4)N4CCN=C4CS5)sc3nc12. The van der Waals surface area contributed by atoms with Gasteiger partial charge in [0.2, 0.25) is 0 Å². The first-order valence-electron chi connectivity index (χ1n) is 9.89. The first-order chi connectivity index (χ1) is 15.1. The number of thiophene rings is 1. The number of benzene rings is 1. The molecule has 1 aromatic carbocycles. The van der Waals surface area contributed by atoms with Crippen LogP contribution in [0.2, 0.25) is 0 Å². The number of amides is 1. The van der Waals surface area contributed by atoms with Gasteiger partial charge in [0.1, 0.15) is 16.3 Å².